The maximum Gasteiger partial charge on any atom is 0.246 e. The Bertz CT molecular complexity index is 637. The van der Waals surface area contributed by atoms with Gasteiger partial charge in [-0.3, -0.25) is 9.59 Å². The summed E-state index contributed by atoms with van der Waals surface area (Å²) in [6, 6.07) is 7.43. The van der Waals surface area contributed by atoms with E-state index in [1.807, 2.05) is 52.0 Å². The number of unbranched alkanes of at least 4 members (excludes halogenated alkanes) is 1. The molecule has 1 unspecified atom stereocenters. The lowest BCUT2D eigenvalue weighted by molar-refractivity contribution is -0.128. The molecule has 1 aromatic rings. The average Bonchev–Trinajstić information content (AvgIpc) is 2.93. The van der Waals surface area contributed by atoms with E-state index in [9.17, 15) is 9.59 Å². The number of benzene rings is 1. The number of rotatable bonds is 6. The minimum absolute atomic E-state index is 0.0138. The van der Waals surface area contributed by atoms with Crippen LogP contribution in [0.25, 0.3) is 0 Å². The first-order valence-electron chi connectivity index (χ1n) is 11.2. The molecule has 3 N–H and O–H groups in total. The van der Waals surface area contributed by atoms with Crippen molar-refractivity contribution in [2.24, 2.45) is 11.1 Å². The molecule has 31 heavy (non-hydrogen) atoms. The Labute approximate surface area is 189 Å². The smallest absolute Gasteiger partial charge is 0.246 e. The van der Waals surface area contributed by atoms with Gasteiger partial charge < -0.3 is 20.5 Å². The number of carbonyl (C=O) groups is 2. The topological polar surface area (TPSA) is 90.7 Å². The number of hydrogen-bond donors (Lipinski definition) is 2. The Balaban J connectivity index is 0. The molecule has 1 aliphatic rings. The minimum Gasteiger partial charge on any atom is -0.491 e. The lowest BCUT2D eigenvalue weighted by Crippen LogP contribution is -2.29. The maximum atomic E-state index is 11.1. The van der Waals surface area contributed by atoms with Gasteiger partial charge in [0.05, 0.1) is 18.7 Å². The van der Waals surface area contributed by atoms with Crippen molar-refractivity contribution in [3.63, 3.8) is 0 Å². The van der Waals surface area contributed by atoms with Crippen molar-refractivity contribution in [2.45, 2.75) is 80.3 Å². The Morgan fingerprint density at radius 1 is 1.23 bits per heavy atom. The van der Waals surface area contributed by atoms with Gasteiger partial charge in [-0.15, -0.1) is 0 Å². The van der Waals surface area contributed by atoms with Gasteiger partial charge in [0.15, 0.2) is 0 Å². The number of ether oxygens (including phenoxy) is 2. The first-order valence-corrected chi connectivity index (χ1v) is 11.2. The van der Waals surface area contributed by atoms with Gasteiger partial charge in [0.2, 0.25) is 11.8 Å². The molecule has 1 atom stereocenters. The zero-order valence-corrected chi connectivity index (χ0v) is 20.8. The molecule has 1 heterocycles. The highest BCUT2D eigenvalue weighted by atomic mass is 16.5. The van der Waals surface area contributed by atoms with Crippen LogP contribution in [0.2, 0.25) is 0 Å². The summed E-state index contributed by atoms with van der Waals surface area (Å²) in [7, 11) is 1.51. The normalized spacial score (nSPS) is 13.4. The van der Waals surface area contributed by atoms with Crippen molar-refractivity contribution >= 4 is 17.5 Å². The van der Waals surface area contributed by atoms with Crippen LogP contribution in [0.1, 0.15) is 74.1 Å². The molecule has 0 fully saturated rings. The molecule has 0 bridgehead atoms. The second-order valence-corrected chi connectivity index (χ2v) is 7.47. The average molecular weight is 437 g/mol. The van der Waals surface area contributed by atoms with E-state index in [1.165, 1.54) is 7.11 Å². The quantitative estimate of drug-likeness (QED) is 0.441. The number of fused-ring (bicyclic) bond motifs is 1. The maximum absolute atomic E-state index is 11.1. The molecule has 1 aromatic carbocycles. The van der Waals surface area contributed by atoms with Crippen LogP contribution in [-0.2, 0) is 14.3 Å². The SMILES string of the molecule is CC.CC.COC(CCC/C=C/C(C)(C)C)C(N)=O.O=C1CCOc2ccccc2N1. The van der Waals surface area contributed by atoms with Crippen molar-refractivity contribution in [1.29, 1.82) is 0 Å². The fourth-order valence-corrected chi connectivity index (χ4v) is 2.40. The van der Waals surface area contributed by atoms with E-state index < -0.39 is 6.10 Å². The van der Waals surface area contributed by atoms with Crippen molar-refractivity contribution < 1.29 is 19.1 Å². The summed E-state index contributed by atoms with van der Waals surface area (Å²) >= 11 is 0. The molecule has 0 aromatic heterocycles. The second kappa shape index (κ2) is 18.4. The molecular weight excluding hydrogens is 392 g/mol. The van der Waals surface area contributed by atoms with Crippen LogP contribution in [0.4, 0.5) is 5.69 Å². The summed E-state index contributed by atoms with van der Waals surface area (Å²) < 4.78 is 10.3. The van der Waals surface area contributed by atoms with E-state index in [2.05, 4.69) is 38.2 Å². The highest BCUT2D eigenvalue weighted by molar-refractivity contribution is 5.92. The highest BCUT2D eigenvalue weighted by Crippen LogP contribution is 2.25. The lowest BCUT2D eigenvalue weighted by atomic mass is 9.95. The van der Waals surface area contributed by atoms with Crippen LogP contribution in [0.3, 0.4) is 0 Å². The number of anilines is 1. The van der Waals surface area contributed by atoms with E-state index in [1.54, 1.807) is 0 Å². The molecule has 0 saturated carbocycles. The Kier molecular flexibility index (Phi) is 18.3. The number of amides is 2. The summed E-state index contributed by atoms with van der Waals surface area (Å²) in [5, 5.41) is 2.76. The van der Waals surface area contributed by atoms with Gasteiger partial charge in [-0.25, -0.2) is 0 Å². The standard InChI is InChI=1S/C12H23NO2.C9H9NO2.2C2H6/c1-12(2,3)9-7-5-6-8-10(15-4)11(13)14;11-9-5-6-12-8-4-2-1-3-7(8)10-9;2*1-2/h7,9-10H,5-6,8H2,1-4H3,(H2,13,14);1-4H,5-6H2,(H,10,11);2*1-2H3/b9-7+;;;. The van der Waals surface area contributed by atoms with Crippen LogP contribution in [0.15, 0.2) is 36.4 Å². The zero-order chi connectivity index (χ0) is 24.3. The minimum atomic E-state index is -0.437. The predicted molar refractivity (Wildman–Crippen MR) is 130 cm³/mol. The van der Waals surface area contributed by atoms with E-state index >= 15 is 0 Å². The Hall–Kier alpha value is -2.34. The molecule has 0 aliphatic carbocycles. The van der Waals surface area contributed by atoms with Gasteiger partial charge in [-0.1, -0.05) is 72.8 Å². The van der Waals surface area contributed by atoms with E-state index in [0.29, 0.717) is 19.4 Å². The van der Waals surface area contributed by atoms with Gasteiger partial charge in [0.1, 0.15) is 11.9 Å². The summed E-state index contributed by atoms with van der Waals surface area (Å²) in [6.45, 7) is 14.9. The number of nitrogens with one attached hydrogen (secondary N) is 1. The van der Waals surface area contributed by atoms with Gasteiger partial charge in [0.25, 0.3) is 0 Å². The van der Waals surface area contributed by atoms with Crippen LogP contribution < -0.4 is 15.8 Å². The molecule has 0 spiro atoms. The Morgan fingerprint density at radius 3 is 2.39 bits per heavy atom. The van der Waals surface area contributed by atoms with Gasteiger partial charge >= 0.3 is 0 Å². The molecule has 0 radical (unpaired) electrons. The highest BCUT2D eigenvalue weighted by Gasteiger charge is 2.13. The van der Waals surface area contributed by atoms with E-state index in [-0.39, 0.29) is 17.2 Å². The molecule has 2 rings (SSSR count). The van der Waals surface area contributed by atoms with Crippen molar-refractivity contribution in [3.8, 4) is 5.75 Å². The third kappa shape index (κ3) is 16.1. The van der Waals surface area contributed by atoms with Gasteiger partial charge in [-0.05, 0) is 36.8 Å². The summed E-state index contributed by atoms with van der Waals surface area (Å²) in [6.07, 6.45) is 6.90. The third-order valence-corrected chi connectivity index (χ3v) is 3.80. The predicted octanol–water partition coefficient (Wildman–Crippen LogP) is 5.72. The second-order valence-electron chi connectivity index (χ2n) is 7.47. The van der Waals surface area contributed by atoms with Crippen LogP contribution in [-0.4, -0.2) is 31.6 Å². The molecule has 0 saturated heterocycles. The van der Waals surface area contributed by atoms with Gasteiger partial charge in [0, 0.05) is 7.11 Å². The summed E-state index contributed by atoms with van der Waals surface area (Å²) in [4.78, 5) is 21.9. The van der Waals surface area contributed by atoms with Gasteiger partial charge in [-0.2, -0.15) is 0 Å². The molecule has 1 aliphatic heterocycles. The summed E-state index contributed by atoms with van der Waals surface area (Å²) in [5.74, 6) is 0.389. The van der Waals surface area contributed by atoms with E-state index in [4.69, 9.17) is 15.2 Å². The zero-order valence-electron chi connectivity index (χ0n) is 20.8. The van der Waals surface area contributed by atoms with Crippen LogP contribution in [0, 0.1) is 5.41 Å². The van der Waals surface area contributed by atoms with Crippen molar-refractivity contribution in [3.05, 3.63) is 36.4 Å². The largest absolute Gasteiger partial charge is 0.491 e. The van der Waals surface area contributed by atoms with E-state index in [0.717, 1.165) is 24.3 Å². The number of para-hydroxylation sites is 2. The number of primary amides is 1. The number of methoxy groups -OCH3 is 1. The fourth-order valence-electron chi connectivity index (χ4n) is 2.40. The lowest BCUT2D eigenvalue weighted by Gasteiger charge is -2.12. The number of allylic oxidation sites excluding steroid dienone is 2. The summed E-state index contributed by atoms with van der Waals surface area (Å²) in [5.41, 5.74) is 6.14. The molecular formula is C25H44N2O4. The Morgan fingerprint density at radius 2 is 1.84 bits per heavy atom. The monoisotopic (exact) mass is 436 g/mol. The number of hydrogen-bond acceptors (Lipinski definition) is 4. The number of carbonyl (C=O) groups excluding carboxylic acids is 2. The molecule has 2 amide bonds. The fraction of sp³-hybridized carbons (Fsp3) is 0.600. The third-order valence-electron chi connectivity index (χ3n) is 3.80. The molecule has 6 nitrogen and oxygen atoms in total. The number of nitrogens with two attached hydrogens (primary N) is 1. The van der Waals surface area contributed by atoms with Crippen LogP contribution >= 0.6 is 0 Å². The molecule has 178 valence electrons. The van der Waals surface area contributed by atoms with Crippen molar-refractivity contribution in [2.75, 3.05) is 19.0 Å². The molecule has 6 heteroatoms. The van der Waals surface area contributed by atoms with Crippen molar-refractivity contribution in [1.82, 2.24) is 0 Å². The first-order chi connectivity index (χ1) is 14.7. The van der Waals surface area contributed by atoms with Crippen LogP contribution in [0.5, 0.6) is 5.75 Å². The first kappa shape index (κ1) is 30.9.